The maximum atomic E-state index is 12.2. The third kappa shape index (κ3) is 4.04. The lowest BCUT2D eigenvalue weighted by Gasteiger charge is -2.07. The maximum Gasteiger partial charge on any atom is 0.263 e. The second-order valence-corrected chi connectivity index (χ2v) is 6.97. The fraction of sp³-hybridized carbons (Fsp3) is 0.312. The summed E-state index contributed by atoms with van der Waals surface area (Å²) in [4.78, 5) is 35.7. The van der Waals surface area contributed by atoms with E-state index in [-0.39, 0.29) is 25.0 Å². The first kappa shape index (κ1) is 16.7. The van der Waals surface area contributed by atoms with Gasteiger partial charge in [0.15, 0.2) is 0 Å². The molecule has 0 atom stereocenters. The molecule has 2 aromatic rings. The van der Waals surface area contributed by atoms with E-state index in [2.05, 4.69) is 16.0 Å². The van der Waals surface area contributed by atoms with Gasteiger partial charge in [-0.25, -0.2) is 0 Å². The van der Waals surface area contributed by atoms with Crippen LogP contribution in [0.15, 0.2) is 24.3 Å². The van der Waals surface area contributed by atoms with E-state index in [4.69, 9.17) is 11.6 Å². The molecule has 1 aromatic heterocycles. The number of halogens is 1. The molecule has 1 fully saturated rings. The van der Waals surface area contributed by atoms with E-state index in [0.717, 1.165) is 22.9 Å². The Morgan fingerprint density at radius 1 is 1.08 bits per heavy atom. The molecule has 1 aliphatic carbocycles. The molecule has 126 valence electrons. The summed E-state index contributed by atoms with van der Waals surface area (Å²) in [5.74, 6) is -1.05. The molecule has 0 bridgehead atoms. The monoisotopic (exact) mass is 365 g/mol. The SMILES string of the molecule is O=C(CNC(=O)c1sc2ccccc2c1Cl)NCC(=O)NC1CC1. The zero-order valence-corrected chi connectivity index (χ0v) is 14.3. The molecule has 3 amide bonds. The lowest BCUT2D eigenvalue weighted by molar-refractivity contribution is -0.125. The average Bonchev–Trinajstić information content (AvgIpc) is 3.33. The average molecular weight is 366 g/mol. The topological polar surface area (TPSA) is 87.3 Å². The Hall–Kier alpha value is -2.12. The zero-order chi connectivity index (χ0) is 17.1. The Bertz CT molecular complexity index is 801. The first-order valence-corrected chi connectivity index (χ1v) is 8.75. The number of benzene rings is 1. The number of nitrogens with one attached hydrogen (secondary N) is 3. The van der Waals surface area contributed by atoms with Crippen LogP contribution in [0, 0.1) is 0 Å². The number of hydrogen-bond donors (Lipinski definition) is 3. The number of carbonyl (C=O) groups is 3. The van der Waals surface area contributed by atoms with Gasteiger partial charge in [-0.05, 0) is 18.9 Å². The molecule has 1 saturated carbocycles. The Morgan fingerprint density at radius 3 is 2.50 bits per heavy atom. The summed E-state index contributed by atoms with van der Waals surface area (Å²) < 4.78 is 0.911. The van der Waals surface area contributed by atoms with Gasteiger partial charge >= 0.3 is 0 Å². The first-order valence-electron chi connectivity index (χ1n) is 7.56. The van der Waals surface area contributed by atoms with Crippen LogP contribution in [-0.4, -0.2) is 36.9 Å². The molecule has 1 aromatic carbocycles. The van der Waals surface area contributed by atoms with Gasteiger partial charge in [-0.15, -0.1) is 11.3 Å². The van der Waals surface area contributed by atoms with Crippen molar-refractivity contribution in [2.45, 2.75) is 18.9 Å². The Balaban J connectivity index is 1.49. The molecule has 0 unspecified atom stereocenters. The third-order valence-corrected chi connectivity index (χ3v) is 5.21. The summed E-state index contributed by atoms with van der Waals surface area (Å²) in [7, 11) is 0. The zero-order valence-electron chi connectivity index (χ0n) is 12.7. The van der Waals surface area contributed by atoms with Crippen LogP contribution in [0.2, 0.25) is 5.02 Å². The molecule has 0 radical (unpaired) electrons. The van der Waals surface area contributed by atoms with E-state index in [1.54, 1.807) is 0 Å². The van der Waals surface area contributed by atoms with Crippen LogP contribution in [-0.2, 0) is 9.59 Å². The summed E-state index contributed by atoms with van der Waals surface area (Å²) in [5, 5.41) is 8.96. The van der Waals surface area contributed by atoms with Gasteiger partial charge in [0.1, 0.15) is 4.88 Å². The summed E-state index contributed by atoms with van der Waals surface area (Å²) in [6, 6.07) is 7.70. The van der Waals surface area contributed by atoms with E-state index in [1.165, 1.54) is 11.3 Å². The minimum absolute atomic E-state index is 0.0884. The van der Waals surface area contributed by atoms with E-state index in [1.807, 2.05) is 24.3 Å². The Kier molecular flexibility index (Phi) is 5.01. The van der Waals surface area contributed by atoms with Crippen molar-refractivity contribution in [3.8, 4) is 0 Å². The van der Waals surface area contributed by atoms with Crippen LogP contribution in [0.4, 0.5) is 0 Å². The van der Waals surface area contributed by atoms with Gasteiger partial charge in [0.05, 0.1) is 18.1 Å². The van der Waals surface area contributed by atoms with Crippen LogP contribution in [0.25, 0.3) is 10.1 Å². The van der Waals surface area contributed by atoms with Crippen LogP contribution in [0.5, 0.6) is 0 Å². The van der Waals surface area contributed by atoms with Crippen molar-refractivity contribution in [1.29, 1.82) is 0 Å². The van der Waals surface area contributed by atoms with Crippen LogP contribution < -0.4 is 16.0 Å². The number of thiophene rings is 1. The van der Waals surface area contributed by atoms with Crippen molar-refractivity contribution in [1.82, 2.24) is 16.0 Å². The van der Waals surface area contributed by atoms with Gasteiger partial charge in [0.2, 0.25) is 11.8 Å². The third-order valence-electron chi connectivity index (χ3n) is 3.54. The number of carbonyl (C=O) groups excluding carboxylic acids is 3. The molecule has 6 nitrogen and oxygen atoms in total. The molecule has 24 heavy (non-hydrogen) atoms. The normalized spacial score (nSPS) is 13.5. The van der Waals surface area contributed by atoms with Crippen molar-refractivity contribution in [2.75, 3.05) is 13.1 Å². The molecule has 8 heteroatoms. The van der Waals surface area contributed by atoms with Crippen molar-refractivity contribution >= 4 is 50.7 Å². The molecule has 0 spiro atoms. The molecule has 3 N–H and O–H groups in total. The maximum absolute atomic E-state index is 12.2. The summed E-state index contributed by atoms with van der Waals surface area (Å²) in [6.07, 6.45) is 1.98. The number of fused-ring (bicyclic) bond motifs is 1. The van der Waals surface area contributed by atoms with Crippen molar-refractivity contribution in [3.63, 3.8) is 0 Å². The molecule has 1 aliphatic rings. The molecule has 0 aliphatic heterocycles. The van der Waals surface area contributed by atoms with E-state index in [9.17, 15) is 14.4 Å². The minimum Gasteiger partial charge on any atom is -0.352 e. The summed E-state index contributed by atoms with van der Waals surface area (Å²) in [5.41, 5.74) is 0. The van der Waals surface area contributed by atoms with Gasteiger partial charge in [0.25, 0.3) is 5.91 Å². The van der Waals surface area contributed by atoms with Gasteiger partial charge in [-0.3, -0.25) is 14.4 Å². The number of hydrogen-bond acceptors (Lipinski definition) is 4. The van der Waals surface area contributed by atoms with Crippen molar-refractivity contribution in [3.05, 3.63) is 34.2 Å². The fourth-order valence-corrected chi connectivity index (χ4v) is 3.58. The van der Waals surface area contributed by atoms with Gasteiger partial charge in [-0.2, -0.15) is 0 Å². The van der Waals surface area contributed by atoms with E-state index >= 15 is 0 Å². The standard InChI is InChI=1S/C16H16ClN3O3S/c17-14-10-3-1-2-4-11(10)24-15(14)16(23)19-7-12(21)18-8-13(22)20-9-5-6-9/h1-4,9H,5-8H2,(H,18,21)(H,19,23)(H,20,22). The highest BCUT2D eigenvalue weighted by molar-refractivity contribution is 7.21. The second kappa shape index (κ2) is 7.19. The Labute approximate surface area is 147 Å². The number of rotatable bonds is 6. The van der Waals surface area contributed by atoms with Crippen LogP contribution >= 0.6 is 22.9 Å². The quantitative estimate of drug-likeness (QED) is 0.727. The van der Waals surface area contributed by atoms with E-state index < -0.39 is 11.8 Å². The summed E-state index contributed by atoms with van der Waals surface area (Å²) >= 11 is 7.50. The van der Waals surface area contributed by atoms with Crippen LogP contribution in [0.3, 0.4) is 0 Å². The molecular formula is C16H16ClN3O3S. The van der Waals surface area contributed by atoms with Gasteiger partial charge < -0.3 is 16.0 Å². The van der Waals surface area contributed by atoms with Gasteiger partial charge in [0, 0.05) is 16.1 Å². The predicted molar refractivity (Wildman–Crippen MR) is 93.3 cm³/mol. The lowest BCUT2D eigenvalue weighted by Crippen LogP contribution is -2.42. The smallest absolute Gasteiger partial charge is 0.263 e. The van der Waals surface area contributed by atoms with Gasteiger partial charge in [-0.1, -0.05) is 29.8 Å². The second-order valence-electron chi connectivity index (χ2n) is 5.54. The highest BCUT2D eigenvalue weighted by Crippen LogP contribution is 2.34. The molecule has 1 heterocycles. The Morgan fingerprint density at radius 2 is 1.79 bits per heavy atom. The summed E-state index contributed by atoms with van der Waals surface area (Å²) in [6.45, 7) is -0.297. The highest BCUT2D eigenvalue weighted by atomic mass is 35.5. The largest absolute Gasteiger partial charge is 0.352 e. The fourth-order valence-electron chi connectivity index (χ4n) is 2.15. The minimum atomic E-state index is -0.425. The lowest BCUT2D eigenvalue weighted by atomic mass is 10.2. The number of amides is 3. The van der Waals surface area contributed by atoms with Crippen molar-refractivity contribution in [2.24, 2.45) is 0 Å². The van der Waals surface area contributed by atoms with Crippen molar-refractivity contribution < 1.29 is 14.4 Å². The molecular weight excluding hydrogens is 350 g/mol. The highest BCUT2D eigenvalue weighted by Gasteiger charge is 2.23. The van der Waals surface area contributed by atoms with E-state index in [0.29, 0.717) is 9.90 Å². The van der Waals surface area contributed by atoms with Crippen LogP contribution in [0.1, 0.15) is 22.5 Å². The molecule has 3 rings (SSSR count). The molecule has 0 saturated heterocycles. The first-order chi connectivity index (χ1) is 11.5. The predicted octanol–water partition coefficient (Wildman–Crippen LogP) is 1.68.